The van der Waals surface area contributed by atoms with Crippen LogP contribution in [0, 0.1) is 6.92 Å². The molecule has 172 valence electrons. The monoisotopic (exact) mass is 471 g/mol. The normalized spacial score (nSPS) is 14.9. The standard InChI is InChI=1S/C26H25N5O2S/c1-18-24(34-26(29-18)28-14-12-19-8-4-2-5-9-19)21-13-15-27-25(30-21)31-23-17-32-16-22(33-23)20-10-6-3-7-11-20/h2-6,8-10,13,15-17H,7,11-12,14H2,1H3,(H,28,29)(H,27,30,31). The number of aryl methyl sites for hydroxylation is 1. The molecular weight excluding hydrogens is 446 g/mol. The molecule has 2 N–H and O–H groups in total. The third kappa shape index (κ3) is 5.35. The summed E-state index contributed by atoms with van der Waals surface area (Å²) >= 11 is 1.59. The van der Waals surface area contributed by atoms with Crippen LogP contribution in [0.25, 0.3) is 10.6 Å². The quantitative estimate of drug-likeness (QED) is 0.421. The van der Waals surface area contributed by atoms with E-state index in [4.69, 9.17) is 9.47 Å². The van der Waals surface area contributed by atoms with Gasteiger partial charge in [0.1, 0.15) is 6.26 Å². The third-order valence-corrected chi connectivity index (χ3v) is 6.49. The second-order valence-corrected chi connectivity index (χ2v) is 8.85. The van der Waals surface area contributed by atoms with Gasteiger partial charge >= 0.3 is 0 Å². The van der Waals surface area contributed by atoms with E-state index in [1.54, 1.807) is 23.8 Å². The summed E-state index contributed by atoms with van der Waals surface area (Å²) in [7, 11) is 0. The lowest BCUT2D eigenvalue weighted by atomic mass is 10.0. The van der Waals surface area contributed by atoms with Crippen LogP contribution in [-0.4, -0.2) is 21.5 Å². The van der Waals surface area contributed by atoms with Crippen LogP contribution in [0.5, 0.6) is 0 Å². The van der Waals surface area contributed by atoms with E-state index >= 15 is 0 Å². The SMILES string of the molecule is Cc1nc(NCCc2ccccc2)sc1-c1ccnc(NC2=COC=C(C3=CC=CCC3)O2)n1. The molecule has 0 spiro atoms. The number of hydrogen-bond acceptors (Lipinski definition) is 8. The van der Waals surface area contributed by atoms with Gasteiger partial charge in [0.25, 0.3) is 0 Å². The minimum absolute atomic E-state index is 0.428. The number of allylic oxidation sites excluding steroid dienone is 4. The largest absolute Gasteiger partial charge is 0.463 e. The van der Waals surface area contributed by atoms with E-state index < -0.39 is 0 Å². The Hall–Kier alpha value is -3.91. The van der Waals surface area contributed by atoms with Gasteiger partial charge in [-0.25, -0.2) is 15.0 Å². The topological polar surface area (TPSA) is 81.2 Å². The predicted octanol–water partition coefficient (Wildman–Crippen LogP) is 5.94. The van der Waals surface area contributed by atoms with Crippen molar-refractivity contribution in [2.75, 3.05) is 17.2 Å². The molecule has 0 fully saturated rings. The lowest BCUT2D eigenvalue weighted by Crippen LogP contribution is -2.12. The lowest BCUT2D eigenvalue weighted by Gasteiger charge is -2.19. The van der Waals surface area contributed by atoms with Gasteiger partial charge < -0.3 is 14.8 Å². The molecule has 34 heavy (non-hydrogen) atoms. The van der Waals surface area contributed by atoms with Crippen molar-refractivity contribution in [3.63, 3.8) is 0 Å². The van der Waals surface area contributed by atoms with Gasteiger partial charge in [0.2, 0.25) is 11.8 Å². The second-order valence-electron chi connectivity index (χ2n) is 7.85. The molecule has 0 bridgehead atoms. The molecule has 8 heteroatoms. The summed E-state index contributed by atoms with van der Waals surface area (Å²) in [4.78, 5) is 14.7. The highest BCUT2D eigenvalue weighted by Gasteiger charge is 2.17. The van der Waals surface area contributed by atoms with Crippen molar-refractivity contribution in [3.05, 3.63) is 102 Å². The minimum Gasteiger partial charge on any atom is -0.463 e. The van der Waals surface area contributed by atoms with Gasteiger partial charge in [-0.05, 0) is 43.4 Å². The fourth-order valence-corrected chi connectivity index (χ4v) is 4.61. The number of nitrogens with one attached hydrogen (secondary N) is 2. The van der Waals surface area contributed by atoms with Crippen LogP contribution >= 0.6 is 11.3 Å². The number of hydrogen-bond donors (Lipinski definition) is 2. The Bertz CT molecular complexity index is 1280. The van der Waals surface area contributed by atoms with Gasteiger partial charge in [-0.3, -0.25) is 5.32 Å². The van der Waals surface area contributed by atoms with E-state index in [2.05, 4.69) is 55.9 Å². The molecule has 7 nitrogen and oxygen atoms in total. The molecule has 3 aromatic rings. The highest BCUT2D eigenvalue weighted by atomic mass is 32.1. The van der Waals surface area contributed by atoms with Crippen molar-refractivity contribution in [2.24, 2.45) is 0 Å². The first-order valence-corrected chi connectivity index (χ1v) is 12.0. The average Bonchev–Trinajstić information content (AvgIpc) is 3.26. The molecule has 2 aliphatic rings. The number of nitrogens with zero attached hydrogens (tertiary/aromatic N) is 3. The highest BCUT2D eigenvalue weighted by molar-refractivity contribution is 7.19. The molecule has 0 saturated carbocycles. The fourth-order valence-electron chi connectivity index (χ4n) is 3.65. The Morgan fingerprint density at radius 1 is 1.09 bits per heavy atom. The van der Waals surface area contributed by atoms with Crippen LogP contribution in [0.1, 0.15) is 24.1 Å². The van der Waals surface area contributed by atoms with Crippen LogP contribution in [0.2, 0.25) is 0 Å². The molecule has 0 saturated heterocycles. The number of aromatic nitrogens is 3. The summed E-state index contributed by atoms with van der Waals surface area (Å²) in [5.41, 5.74) is 4.12. The minimum atomic E-state index is 0.428. The van der Waals surface area contributed by atoms with Gasteiger partial charge in [-0.1, -0.05) is 59.9 Å². The molecule has 2 aromatic heterocycles. The van der Waals surface area contributed by atoms with Crippen molar-refractivity contribution in [3.8, 4) is 10.6 Å². The average molecular weight is 472 g/mol. The smallest absolute Gasteiger partial charge is 0.235 e. The number of rotatable bonds is 8. The fraction of sp³-hybridized carbons (Fsp3) is 0.192. The van der Waals surface area contributed by atoms with E-state index in [1.165, 1.54) is 11.8 Å². The first kappa shape index (κ1) is 21.9. The Morgan fingerprint density at radius 3 is 2.85 bits per heavy atom. The first-order chi connectivity index (χ1) is 16.7. The third-order valence-electron chi connectivity index (χ3n) is 5.35. The maximum absolute atomic E-state index is 5.97. The molecule has 1 aromatic carbocycles. The summed E-state index contributed by atoms with van der Waals surface area (Å²) in [5.74, 6) is 1.56. The lowest BCUT2D eigenvalue weighted by molar-refractivity contribution is 0.233. The van der Waals surface area contributed by atoms with Crippen LogP contribution in [0.15, 0.2) is 90.6 Å². The summed E-state index contributed by atoms with van der Waals surface area (Å²) in [6, 6.07) is 12.3. The Labute approximate surface area is 202 Å². The summed E-state index contributed by atoms with van der Waals surface area (Å²) in [6.45, 7) is 2.81. The maximum atomic E-state index is 5.97. The molecule has 5 rings (SSSR count). The highest BCUT2D eigenvalue weighted by Crippen LogP contribution is 2.32. The molecule has 3 heterocycles. The van der Waals surface area contributed by atoms with Crippen LogP contribution in [0.3, 0.4) is 0 Å². The van der Waals surface area contributed by atoms with E-state index in [9.17, 15) is 0 Å². The van der Waals surface area contributed by atoms with E-state index in [0.717, 1.165) is 52.8 Å². The summed E-state index contributed by atoms with van der Waals surface area (Å²) < 4.78 is 11.4. The molecule has 0 atom stereocenters. The zero-order chi connectivity index (χ0) is 23.2. The van der Waals surface area contributed by atoms with E-state index in [-0.39, 0.29) is 0 Å². The van der Waals surface area contributed by atoms with Gasteiger partial charge in [0, 0.05) is 12.7 Å². The summed E-state index contributed by atoms with van der Waals surface area (Å²) in [6.07, 6.45) is 13.9. The number of benzene rings is 1. The summed E-state index contributed by atoms with van der Waals surface area (Å²) in [5, 5.41) is 7.42. The van der Waals surface area contributed by atoms with Crippen LogP contribution in [-0.2, 0) is 15.9 Å². The molecule has 1 aliphatic carbocycles. The van der Waals surface area contributed by atoms with Gasteiger partial charge in [-0.2, -0.15) is 0 Å². The van der Waals surface area contributed by atoms with Crippen LogP contribution in [0.4, 0.5) is 11.1 Å². The molecule has 1 aliphatic heterocycles. The number of thiazole rings is 1. The second kappa shape index (κ2) is 10.4. The van der Waals surface area contributed by atoms with Gasteiger partial charge in [-0.15, -0.1) is 0 Å². The first-order valence-electron chi connectivity index (χ1n) is 11.2. The van der Waals surface area contributed by atoms with Crippen molar-refractivity contribution in [1.29, 1.82) is 0 Å². The number of anilines is 2. The molecule has 0 amide bonds. The zero-order valence-corrected chi connectivity index (χ0v) is 19.6. The van der Waals surface area contributed by atoms with Crippen molar-refractivity contribution in [1.82, 2.24) is 15.0 Å². The molecular formula is C26H25N5O2S. The van der Waals surface area contributed by atoms with Crippen molar-refractivity contribution < 1.29 is 9.47 Å². The Kier molecular flexibility index (Phi) is 6.67. The Morgan fingerprint density at radius 2 is 2.00 bits per heavy atom. The van der Waals surface area contributed by atoms with Crippen molar-refractivity contribution in [2.45, 2.75) is 26.2 Å². The van der Waals surface area contributed by atoms with Gasteiger partial charge in [0.05, 0.1) is 16.3 Å². The number of ether oxygens (including phenoxy) is 2. The van der Waals surface area contributed by atoms with Crippen LogP contribution < -0.4 is 10.6 Å². The Balaban J connectivity index is 1.23. The predicted molar refractivity (Wildman–Crippen MR) is 135 cm³/mol. The molecule has 0 unspecified atom stereocenters. The van der Waals surface area contributed by atoms with Gasteiger partial charge in [0.15, 0.2) is 17.2 Å². The zero-order valence-electron chi connectivity index (χ0n) is 18.8. The maximum Gasteiger partial charge on any atom is 0.235 e. The molecule has 0 radical (unpaired) electrons. The van der Waals surface area contributed by atoms with E-state index in [1.807, 2.05) is 31.2 Å². The van der Waals surface area contributed by atoms with Crippen molar-refractivity contribution >= 4 is 22.4 Å². The van der Waals surface area contributed by atoms with E-state index in [0.29, 0.717) is 17.6 Å².